The van der Waals surface area contributed by atoms with Gasteiger partial charge in [0.1, 0.15) is 0 Å². The van der Waals surface area contributed by atoms with Gasteiger partial charge in [-0.1, -0.05) is 36.8 Å². The van der Waals surface area contributed by atoms with Crippen LogP contribution < -0.4 is 10.6 Å². The summed E-state index contributed by atoms with van der Waals surface area (Å²) in [4.78, 5) is 15.1. The number of amides is 1. The number of carbonyl (C=O) groups excluding carboxylic acids is 1. The van der Waals surface area contributed by atoms with Crippen molar-refractivity contribution in [2.24, 2.45) is 11.8 Å². The summed E-state index contributed by atoms with van der Waals surface area (Å²) in [6, 6.07) is 9.11. The molecule has 0 saturated carbocycles. The Kier molecular flexibility index (Phi) is 11.4. The third-order valence-corrected chi connectivity index (χ3v) is 6.23. The van der Waals surface area contributed by atoms with Crippen molar-refractivity contribution >= 4 is 30.7 Å². The molecule has 2 fully saturated rings. The summed E-state index contributed by atoms with van der Waals surface area (Å²) in [6.45, 7) is 9.56. The molecule has 0 bridgehead atoms. The first-order valence-corrected chi connectivity index (χ1v) is 10.4. The van der Waals surface area contributed by atoms with Crippen LogP contribution in [-0.2, 0) is 4.79 Å². The van der Waals surface area contributed by atoms with Crippen molar-refractivity contribution in [2.75, 3.05) is 32.7 Å². The Bertz CT molecular complexity index is 570. The third-order valence-electron chi connectivity index (χ3n) is 6.23. The van der Waals surface area contributed by atoms with Crippen LogP contribution in [0.2, 0.25) is 0 Å². The summed E-state index contributed by atoms with van der Waals surface area (Å²) in [7, 11) is 0. The number of benzene rings is 1. The van der Waals surface area contributed by atoms with Gasteiger partial charge in [0.05, 0.1) is 6.04 Å². The number of nitrogens with zero attached hydrogens (tertiary/aromatic N) is 1. The second kappa shape index (κ2) is 12.7. The van der Waals surface area contributed by atoms with E-state index in [4.69, 9.17) is 0 Å². The smallest absolute Gasteiger partial charge is 0.220 e. The Morgan fingerprint density at radius 2 is 1.75 bits per heavy atom. The number of rotatable bonds is 7. The van der Waals surface area contributed by atoms with E-state index in [0.717, 1.165) is 32.7 Å². The average molecular weight is 430 g/mol. The summed E-state index contributed by atoms with van der Waals surface area (Å²) in [6.07, 6.45) is 5.60. The summed E-state index contributed by atoms with van der Waals surface area (Å²) < 4.78 is 0. The average Bonchev–Trinajstić information content (AvgIpc) is 3.18. The minimum Gasteiger partial charge on any atom is -0.354 e. The lowest BCUT2D eigenvalue weighted by Gasteiger charge is -2.30. The maximum absolute atomic E-state index is 12.6. The van der Waals surface area contributed by atoms with Gasteiger partial charge in [-0.3, -0.25) is 9.69 Å². The summed E-state index contributed by atoms with van der Waals surface area (Å²) in [5.41, 5.74) is 2.61. The predicted octanol–water partition coefficient (Wildman–Crippen LogP) is 4.12. The van der Waals surface area contributed by atoms with Gasteiger partial charge in [0.25, 0.3) is 0 Å². The van der Waals surface area contributed by atoms with Crippen molar-refractivity contribution in [1.29, 1.82) is 0 Å². The minimum atomic E-state index is 0. The van der Waals surface area contributed by atoms with E-state index >= 15 is 0 Å². The molecule has 0 aromatic heterocycles. The van der Waals surface area contributed by atoms with E-state index in [9.17, 15) is 4.79 Å². The highest BCUT2D eigenvalue weighted by molar-refractivity contribution is 5.85. The van der Waals surface area contributed by atoms with Crippen molar-refractivity contribution in [2.45, 2.75) is 52.0 Å². The molecule has 2 N–H and O–H groups in total. The first kappa shape index (κ1) is 25.2. The monoisotopic (exact) mass is 429 g/mol. The lowest BCUT2D eigenvalue weighted by atomic mass is 9.84. The van der Waals surface area contributed by atoms with Gasteiger partial charge >= 0.3 is 0 Å². The first-order valence-electron chi connectivity index (χ1n) is 10.4. The van der Waals surface area contributed by atoms with Crippen LogP contribution in [0.15, 0.2) is 24.3 Å². The van der Waals surface area contributed by atoms with E-state index in [1.54, 1.807) is 0 Å². The topological polar surface area (TPSA) is 44.4 Å². The standard InChI is InChI=1S/C22H35N3O.2ClH/c1-17-5-7-20(8-6-17)21(25-13-3-4-14-25)16-24-22(26)15-18(2)19-9-11-23-12-10-19;;/h5-8,18-19,21,23H,3-4,9-16H2,1-2H3,(H,24,26);2*1H. The molecule has 2 aliphatic heterocycles. The fourth-order valence-corrected chi connectivity index (χ4v) is 4.45. The van der Waals surface area contributed by atoms with Crippen LogP contribution >= 0.6 is 24.8 Å². The molecule has 0 spiro atoms. The van der Waals surface area contributed by atoms with Crippen LogP contribution in [0.5, 0.6) is 0 Å². The van der Waals surface area contributed by atoms with Crippen molar-refractivity contribution in [3.05, 3.63) is 35.4 Å². The van der Waals surface area contributed by atoms with E-state index in [0.29, 0.717) is 24.3 Å². The molecule has 4 nitrogen and oxygen atoms in total. The maximum Gasteiger partial charge on any atom is 0.220 e. The van der Waals surface area contributed by atoms with Gasteiger partial charge in [-0.05, 0) is 76.2 Å². The van der Waals surface area contributed by atoms with Gasteiger partial charge in [0, 0.05) is 13.0 Å². The number of likely N-dealkylation sites (tertiary alicyclic amines) is 1. The second-order valence-electron chi connectivity index (χ2n) is 8.24. The van der Waals surface area contributed by atoms with Crippen LogP contribution in [-0.4, -0.2) is 43.5 Å². The molecule has 2 atom stereocenters. The molecule has 0 radical (unpaired) electrons. The molecule has 2 saturated heterocycles. The lowest BCUT2D eigenvalue weighted by Crippen LogP contribution is -2.38. The van der Waals surface area contributed by atoms with Gasteiger partial charge in [0.2, 0.25) is 5.91 Å². The molecule has 28 heavy (non-hydrogen) atoms. The molecular weight excluding hydrogens is 393 g/mol. The number of hydrogen-bond donors (Lipinski definition) is 2. The van der Waals surface area contributed by atoms with Crippen LogP contribution in [0.1, 0.15) is 56.2 Å². The zero-order valence-corrected chi connectivity index (χ0v) is 18.9. The SMILES string of the molecule is Cc1ccc(C(CNC(=O)CC(C)C2CCNCC2)N2CCCC2)cc1.Cl.Cl. The summed E-state index contributed by atoms with van der Waals surface area (Å²) in [5.74, 6) is 1.38. The summed E-state index contributed by atoms with van der Waals surface area (Å²) in [5, 5.41) is 6.66. The number of piperidine rings is 1. The van der Waals surface area contributed by atoms with Crippen LogP contribution in [0, 0.1) is 18.8 Å². The Morgan fingerprint density at radius 1 is 1.14 bits per heavy atom. The van der Waals surface area contributed by atoms with Crippen LogP contribution in [0.4, 0.5) is 0 Å². The number of carbonyl (C=O) groups is 1. The number of nitrogens with one attached hydrogen (secondary N) is 2. The quantitative estimate of drug-likeness (QED) is 0.684. The van der Waals surface area contributed by atoms with Crippen molar-refractivity contribution in [1.82, 2.24) is 15.5 Å². The van der Waals surface area contributed by atoms with Gasteiger partial charge in [-0.15, -0.1) is 24.8 Å². The van der Waals surface area contributed by atoms with Gasteiger partial charge < -0.3 is 10.6 Å². The Morgan fingerprint density at radius 3 is 2.36 bits per heavy atom. The highest BCUT2D eigenvalue weighted by Crippen LogP contribution is 2.26. The largest absolute Gasteiger partial charge is 0.354 e. The van der Waals surface area contributed by atoms with E-state index in [-0.39, 0.29) is 30.7 Å². The normalized spacial score (nSPS) is 19.9. The molecule has 0 aliphatic carbocycles. The first-order chi connectivity index (χ1) is 12.6. The van der Waals surface area contributed by atoms with E-state index in [2.05, 4.69) is 53.6 Å². The summed E-state index contributed by atoms with van der Waals surface area (Å²) >= 11 is 0. The molecule has 1 amide bonds. The second-order valence-corrected chi connectivity index (χ2v) is 8.24. The molecule has 160 valence electrons. The van der Waals surface area contributed by atoms with Gasteiger partial charge in [-0.2, -0.15) is 0 Å². The fourth-order valence-electron chi connectivity index (χ4n) is 4.45. The fraction of sp³-hybridized carbons (Fsp3) is 0.682. The number of hydrogen-bond acceptors (Lipinski definition) is 3. The van der Waals surface area contributed by atoms with Gasteiger partial charge in [0.15, 0.2) is 0 Å². The zero-order chi connectivity index (χ0) is 18.4. The van der Waals surface area contributed by atoms with Crippen molar-refractivity contribution in [3.8, 4) is 0 Å². The van der Waals surface area contributed by atoms with E-state index in [1.807, 2.05) is 0 Å². The molecule has 2 heterocycles. The minimum absolute atomic E-state index is 0. The number of aryl methyl sites for hydroxylation is 1. The molecule has 6 heteroatoms. The van der Waals surface area contributed by atoms with Crippen LogP contribution in [0.25, 0.3) is 0 Å². The number of halogens is 2. The van der Waals surface area contributed by atoms with Crippen LogP contribution in [0.3, 0.4) is 0 Å². The third kappa shape index (κ3) is 7.22. The molecule has 3 rings (SSSR count). The van der Waals surface area contributed by atoms with E-state index < -0.39 is 0 Å². The maximum atomic E-state index is 12.6. The molecular formula is C22H37Cl2N3O. The Labute approximate surface area is 183 Å². The molecule has 2 aliphatic rings. The highest BCUT2D eigenvalue weighted by atomic mass is 35.5. The zero-order valence-electron chi connectivity index (χ0n) is 17.3. The predicted molar refractivity (Wildman–Crippen MR) is 122 cm³/mol. The highest BCUT2D eigenvalue weighted by Gasteiger charge is 2.25. The molecule has 2 unspecified atom stereocenters. The Balaban J connectivity index is 0.00000196. The van der Waals surface area contributed by atoms with Gasteiger partial charge in [-0.25, -0.2) is 0 Å². The van der Waals surface area contributed by atoms with E-state index in [1.165, 1.54) is 36.8 Å². The van der Waals surface area contributed by atoms with Crippen molar-refractivity contribution < 1.29 is 4.79 Å². The van der Waals surface area contributed by atoms with Crippen molar-refractivity contribution in [3.63, 3.8) is 0 Å². The lowest BCUT2D eigenvalue weighted by molar-refractivity contribution is -0.122. The molecule has 1 aromatic rings. The molecule has 1 aromatic carbocycles. The Hall–Kier alpha value is -0.810.